The second-order valence-electron chi connectivity index (χ2n) is 4.36. The average molecular weight is 281 g/mol. The molecule has 0 heterocycles. The van der Waals surface area contributed by atoms with Crippen LogP contribution in [0.3, 0.4) is 0 Å². The van der Waals surface area contributed by atoms with E-state index in [1.165, 1.54) is 0 Å². The number of carbonyl (C=O) groups is 1. The Kier molecular flexibility index (Phi) is 7.69. The molecule has 0 spiro atoms. The zero-order valence-corrected chi connectivity index (χ0v) is 12.4. The zero-order chi connectivity index (χ0) is 14.8. The van der Waals surface area contributed by atoms with Gasteiger partial charge in [0.25, 0.3) is 0 Å². The smallest absolute Gasteiger partial charge is 0.320 e. The Morgan fingerprint density at radius 3 is 2.75 bits per heavy atom. The molecular formula is C15H23NO4. The molecular weight excluding hydrogens is 258 g/mol. The number of hydrogen-bond donors (Lipinski definition) is 0. The summed E-state index contributed by atoms with van der Waals surface area (Å²) in [5.41, 5.74) is 1.09. The topological polar surface area (TPSA) is 48.0 Å². The third kappa shape index (κ3) is 6.04. The van der Waals surface area contributed by atoms with Crippen LogP contribution in [0.4, 0.5) is 0 Å². The number of esters is 1. The number of rotatable bonds is 9. The van der Waals surface area contributed by atoms with Crippen molar-refractivity contribution in [1.29, 1.82) is 0 Å². The second kappa shape index (κ2) is 9.34. The Labute approximate surface area is 120 Å². The highest BCUT2D eigenvalue weighted by Crippen LogP contribution is 2.14. The van der Waals surface area contributed by atoms with Crippen LogP contribution in [0.25, 0.3) is 0 Å². The summed E-state index contributed by atoms with van der Waals surface area (Å²) in [4.78, 5) is 13.6. The van der Waals surface area contributed by atoms with Crippen LogP contribution in [0.1, 0.15) is 12.5 Å². The highest BCUT2D eigenvalue weighted by Gasteiger charge is 2.12. The van der Waals surface area contributed by atoms with Crippen LogP contribution in [0.2, 0.25) is 0 Å². The number of carbonyl (C=O) groups excluding carboxylic acids is 1. The van der Waals surface area contributed by atoms with Gasteiger partial charge in [-0.05, 0) is 24.6 Å². The highest BCUT2D eigenvalue weighted by atomic mass is 16.5. The molecule has 5 nitrogen and oxygen atoms in total. The Morgan fingerprint density at radius 1 is 1.30 bits per heavy atom. The Balaban J connectivity index is 2.64. The molecule has 0 amide bonds. The fourth-order valence-corrected chi connectivity index (χ4v) is 1.85. The summed E-state index contributed by atoms with van der Waals surface area (Å²) >= 11 is 0. The number of methoxy groups -OCH3 is 2. The molecule has 0 aromatic heterocycles. The summed E-state index contributed by atoms with van der Waals surface area (Å²) in [6.45, 7) is 4.36. The molecule has 0 aliphatic carbocycles. The lowest BCUT2D eigenvalue weighted by Gasteiger charge is -2.21. The molecule has 112 valence electrons. The van der Waals surface area contributed by atoms with E-state index in [0.717, 1.165) is 11.3 Å². The molecule has 0 radical (unpaired) electrons. The first-order valence-corrected chi connectivity index (χ1v) is 6.69. The monoisotopic (exact) mass is 281 g/mol. The van der Waals surface area contributed by atoms with Gasteiger partial charge >= 0.3 is 5.97 Å². The Morgan fingerprint density at radius 2 is 2.10 bits per heavy atom. The second-order valence-corrected chi connectivity index (χ2v) is 4.36. The Bertz CT molecular complexity index is 409. The van der Waals surface area contributed by atoms with Crippen LogP contribution in [0.5, 0.6) is 5.75 Å². The lowest BCUT2D eigenvalue weighted by Crippen LogP contribution is -2.33. The van der Waals surface area contributed by atoms with E-state index in [0.29, 0.717) is 26.3 Å². The van der Waals surface area contributed by atoms with Gasteiger partial charge in [0, 0.05) is 20.2 Å². The molecule has 0 N–H and O–H groups in total. The molecule has 0 fully saturated rings. The lowest BCUT2D eigenvalue weighted by atomic mass is 10.2. The molecule has 0 unspecified atom stereocenters. The minimum absolute atomic E-state index is 0.216. The molecule has 0 saturated carbocycles. The molecule has 0 bridgehead atoms. The van der Waals surface area contributed by atoms with E-state index in [2.05, 4.69) is 0 Å². The van der Waals surface area contributed by atoms with Crippen molar-refractivity contribution in [3.8, 4) is 5.75 Å². The highest BCUT2D eigenvalue weighted by molar-refractivity contribution is 5.71. The van der Waals surface area contributed by atoms with Gasteiger partial charge in [0.1, 0.15) is 5.75 Å². The molecule has 20 heavy (non-hydrogen) atoms. The first-order chi connectivity index (χ1) is 9.69. The predicted octanol–water partition coefficient (Wildman–Crippen LogP) is 1.71. The molecule has 1 aromatic carbocycles. The van der Waals surface area contributed by atoms with Gasteiger partial charge in [0.15, 0.2) is 0 Å². The van der Waals surface area contributed by atoms with Crippen molar-refractivity contribution in [2.75, 3.05) is 40.5 Å². The molecule has 1 aromatic rings. The maximum atomic E-state index is 11.6. The van der Waals surface area contributed by atoms with E-state index in [9.17, 15) is 4.79 Å². The van der Waals surface area contributed by atoms with Gasteiger partial charge in [0.2, 0.25) is 0 Å². The van der Waals surface area contributed by atoms with Crippen LogP contribution in [-0.2, 0) is 20.8 Å². The quantitative estimate of drug-likeness (QED) is 0.645. The standard InChI is InChI=1S/C15H23NO4/c1-4-20-15(17)12-16(8-9-18-2)11-13-6-5-7-14(10-13)19-3/h5-7,10H,4,8-9,11-12H2,1-3H3. The predicted molar refractivity (Wildman–Crippen MR) is 76.8 cm³/mol. The SMILES string of the molecule is CCOC(=O)CN(CCOC)Cc1cccc(OC)c1. The summed E-state index contributed by atoms with van der Waals surface area (Å²) in [6.07, 6.45) is 0. The number of nitrogens with zero attached hydrogens (tertiary/aromatic N) is 1. The van der Waals surface area contributed by atoms with Crippen molar-refractivity contribution in [1.82, 2.24) is 4.90 Å². The van der Waals surface area contributed by atoms with E-state index in [-0.39, 0.29) is 12.5 Å². The molecule has 1 rings (SSSR count). The minimum atomic E-state index is -0.216. The molecule has 0 aliphatic heterocycles. The van der Waals surface area contributed by atoms with E-state index in [1.54, 1.807) is 21.1 Å². The maximum absolute atomic E-state index is 11.6. The van der Waals surface area contributed by atoms with Gasteiger partial charge in [0.05, 0.1) is 26.9 Å². The van der Waals surface area contributed by atoms with Crippen molar-refractivity contribution in [2.45, 2.75) is 13.5 Å². The normalized spacial score (nSPS) is 10.6. The van der Waals surface area contributed by atoms with Crippen molar-refractivity contribution in [2.24, 2.45) is 0 Å². The first-order valence-electron chi connectivity index (χ1n) is 6.69. The third-order valence-electron chi connectivity index (χ3n) is 2.81. The zero-order valence-electron chi connectivity index (χ0n) is 12.4. The summed E-state index contributed by atoms with van der Waals surface area (Å²) in [5.74, 6) is 0.594. The number of ether oxygens (including phenoxy) is 3. The van der Waals surface area contributed by atoms with Crippen LogP contribution in [0.15, 0.2) is 24.3 Å². The number of benzene rings is 1. The molecule has 0 aliphatic rings. The summed E-state index contributed by atoms with van der Waals surface area (Å²) in [5, 5.41) is 0. The van der Waals surface area contributed by atoms with E-state index in [1.807, 2.05) is 29.2 Å². The fraction of sp³-hybridized carbons (Fsp3) is 0.533. The summed E-state index contributed by atoms with van der Waals surface area (Å²) in [6, 6.07) is 7.81. The van der Waals surface area contributed by atoms with Crippen molar-refractivity contribution in [3.63, 3.8) is 0 Å². The largest absolute Gasteiger partial charge is 0.497 e. The van der Waals surface area contributed by atoms with Gasteiger partial charge in [-0.25, -0.2) is 0 Å². The van der Waals surface area contributed by atoms with E-state index in [4.69, 9.17) is 14.2 Å². The van der Waals surface area contributed by atoms with Crippen LogP contribution in [0, 0.1) is 0 Å². The van der Waals surface area contributed by atoms with Crippen LogP contribution < -0.4 is 4.74 Å². The lowest BCUT2D eigenvalue weighted by molar-refractivity contribution is -0.144. The van der Waals surface area contributed by atoms with Crippen molar-refractivity contribution < 1.29 is 19.0 Å². The molecule has 0 atom stereocenters. The third-order valence-corrected chi connectivity index (χ3v) is 2.81. The van der Waals surface area contributed by atoms with Crippen LogP contribution in [-0.4, -0.2) is 51.4 Å². The number of hydrogen-bond acceptors (Lipinski definition) is 5. The molecule has 5 heteroatoms. The van der Waals surface area contributed by atoms with Crippen molar-refractivity contribution >= 4 is 5.97 Å². The average Bonchev–Trinajstić information content (AvgIpc) is 2.45. The van der Waals surface area contributed by atoms with Gasteiger partial charge in [-0.2, -0.15) is 0 Å². The van der Waals surface area contributed by atoms with Crippen molar-refractivity contribution in [3.05, 3.63) is 29.8 Å². The van der Waals surface area contributed by atoms with Gasteiger partial charge < -0.3 is 14.2 Å². The Hall–Kier alpha value is -1.59. The maximum Gasteiger partial charge on any atom is 0.320 e. The van der Waals surface area contributed by atoms with Gasteiger partial charge in [-0.1, -0.05) is 12.1 Å². The van der Waals surface area contributed by atoms with E-state index >= 15 is 0 Å². The minimum Gasteiger partial charge on any atom is -0.497 e. The molecule has 0 saturated heterocycles. The fourth-order valence-electron chi connectivity index (χ4n) is 1.85. The van der Waals surface area contributed by atoms with Gasteiger partial charge in [-0.3, -0.25) is 9.69 Å². The van der Waals surface area contributed by atoms with E-state index < -0.39 is 0 Å². The van der Waals surface area contributed by atoms with Gasteiger partial charge in [-0.15, -0.1) is 0 Å². The first kappa shape index (κ1) is 16.5. The van der Waals surface area contributed by atoms with Crippen LogP contribution >= 0.6 is 0 Å². The summed E-state index contributed by atoms with van der Waals surface area (Å²) < 4.78 is 15.3. The summed E-state index contributed by atoms with van der Waals surface area (Å²) in [7, 11) is 3.29.